The lowest BCUT2D eigenvalue weighted by Crippen LogP contribution is -2.50. The lowest BCUT2D eigenvalue weighted by Gasteiger charge is -2.56. The fourth-order valence-corrected chi connectivity index (χ4v) is 6.97. The Kier molecular flexibility index (Phi) is 5.12. The van der Waals surface area contributed by atoms with Crippen LogP contribution in [-0.4, -0.2) is 40.1 Å². The Morgan fingerprint density at radius 2 is 1.86 bits per heavy atom. The zero-order valence-electron chi connectivity index (χ0n) is 17.4. The van der Waals surface area contributed by atoms with Crippen LogP contribution in [0.5, 0.6) is 0 Å². The van der Waals surface area contributed by atoms with Crippen molar-refractivity contribution in [1.82, 2.24) is 0 Å². The van der Waals surface area contributed by atoms with Gasteiger partial charge in [0.15, 0.2) is 5.78 Å². The molecule has 0 bridgehead atoms. The number of carbonyl (C=O) groups is 3. The summed E-state index contributed by atoms with van der Waals surface area (Å²) < 4.78 is 5.56. The van der Waals surface area contributed by atoms with Crippen LogP contribution >= 0.6 is 0 Å². The van der Waals surface area contributed by atoms with E-state index in [4.69, 9.17) is 9.84 Å². The molecule has 0 amide bonds. The summed E-state index contributed by atoms with van der Waals surface area (Å²) in [4.78, 5) is 35.2. The Morgan fingerprint density at radius 1 is 1.14 bits per heavy atom. The average Bonchev–Trinajstić information content (AvgIpc) is 2.90. The van der Waals surface area contributed by atoms with E-state index in [2.05, 4.69) is 19.9 Å². The van der Waals surface area contributed by atoms with Gasteiger partial charge in [-0.15, -0.1) is 0 Å². The Balaban J connectivity index is 1.47. The first-order valence-electron chi connectivity index (χ1n) is 11.0. The second-order valence-electron chi connectivity index (χ2n) is 10.1. The third-order valence-electron chi connectivity index (χ3n) is 8.63. The van der Waals surface area contributed by atoms with Gasteiger partial charge in [-0.1, -0.05) is 25.5 Å². The molecule has 2 N–H and O–H groups in total. The number of hydrogen-bond acceptors (Lipinski definition) is 5. The molecular formula is C23H32O6. The van der Waals surface area contributed by atoms with Crippen LogP contribution in [-0.2, 0) is 19.1 Å². The van der Waals surface area contributed by atoms with Crippen LogP contribution < -0.4 is 0 Å². The molecule has 6 nitrogen and oxygen atoms in total. The number of carboxylic acids is 1. The Hall–Kier alpha value is -1.69. The molecule has 0 radical (unpaired) electrons. The van der Waals surface area contributed by atoms with E-state index in [-0.39, 0.29) is 41.5 Å². The molecule has 0 heterocycles. The minimum absolute atomic E-state index is 0.0397. The maximum atomic E-state index is 12.6. The summed E-state index contributed by atoms with van der Waals surface area (Å²) in [5, 5.41) is 19.0. The molecule has 4 aliphatic rings. The summed E-state index contributed by atoms with van der Waals surface area (Å²) in [5.41, 5.74) is 1.04. The van der Waals surface area contributed by atoms with Crippen molar-refractivity contribution in [3.05, 3.63) is 11.6 Å². The van der Waals surface area contributed by atoms with E-state index in [0.717, 1.165) is 38.5 Å². The highest BCUT2D eigenvalue weighted by Crippen LogP contribution is 2.64. The van der Waals surface area contributed by atoms with Crippen LogP contribution in [0.25, 0.3) is 0 Å². The number of carboxylic acid groups (broad SMARTS) is 1. The molecule has 7 atom stereocenters. The van der Waals surface area contributed by atoms with Crippen molar-refractivity contribution >= 4 is 17.7 Å². The minimum atomic E-state index is -0.987. The molecule has 7 unspecified atom stereocenters. The highest BCUT2D eigenvalue weighted by Gasteiger charge is 2.61. The fourth-order valence-electron chi connectivity index (χ4n) is 6.97. The molecule has 3 fully saturated rings. The van der Waals surface area contributed by atoms with Crippen LogP contribution in [0.4, 0.5) is 0 Å². The minimum Gasteiger partial charge on any atom is -0.481 e. The van der Waals surface area contributed by atoms with Gasteiger partial charge in [-0.2, -0.15) is 0 Å². The summed E-state index contributed by atoms with van der Waals surface area (Å²) >= 11 is 0. The molecule has 160 valence electrons. The molecule has 0 aliphatic heterocycles. The van der Waals surface area contributed by atoms with Gasteiger partial charge in [0.1, 0.15) is 12.2 Å². The number of hydrogen-bond donors (Lipinski definition) is 2. The first-order valence-corrected chi connectivity index (χ1v) is 11.0. The highest BCUT2D eigenvalue weighted by molar-refractivity contribution is 5.91. The van der Waals surface area contributed by atoms with Gasteiger partial charge in [-0.3, -0.25) is 14.4 Å². The number of rotatable bonds is 4. The molecule has 29 heavy (non-hydrogen) atoms. The summed E-state index contributed by atoms with van der Waals surface area (Å²) in [6.45, 7) is 4.38. The largest absolute Gasteiger partial charge is 0.481 e. The maximum Gasteiger partial charge on any atom is 0.306 e. The van der Waals surface area contributed by atoms with Crippen molar-refractivity contribution in [3.63, 3.8) is 0 Å². The first-order chi connectivity index (χ1) is 13.6. The van der Waals surface area contributed by atoms with Gasteiger partial charge in [0, 0.05) is 11.8 Å². The second-order valence-corrected chi connectivity index (χ2v) is 10.1. The van der Waals surface area contributed by atoms with Crippen molar-refractivity contribution in [2.45, 2.75) is 83.8 Å². The second kappa shape index (κ2) is 7.22. The van der Waals surface area contributed by atoms with E-state index >= 15 is 0 Å². The van der Waals surface area contributed by atoms with Gasteiger partial charge in [0.05, 0.1) is 12.8 Å². The topological polar surface area (TPSA) is 101 Å². The SMILES string of the molecule is CC12CCC3C(CC=C4CC(OC(=O)CCC(=O)O)CCC43C)C1CC(O)C2=O. The Bertz CT molecular complexity index is 756. The van der Waals surface area contributed by atoms with Crippen molar-refractivity contribution < 1.29 is 29.3 Å². The van der Waals surface area contributed by atoms with E-state index in [1.165, 1.54) is 5.57 Å². The molecule has 0 spiro atoms. The smallest absolute Gasteiger partial charge is 0.306 e. The lowest BCUT2D eigenvalue weighted by molar-refractivity contribution is -0.154. The van der Waals surface area contributed by atoms with Crippen molar-refractivity contribution in [2.75, 3.05) is 0 Å². The molecule has 0 aromatic rings. The number of fused-ring (bicyclic) bond motifs is 5. The van der Waals surface area contributed by atoms with Gasteiger partial charge >= 0.3 is 11.9 Å². The van der Waals surface area contributed by atoms with Crippen LogP contribution in [0.3, 0.4) is 0 Å². The number of carbonyl (C=O) groups excluding carboxylic acids is 2. The van der Waals surface area contributed by atoms with Crippen LogP contribution in [0, 0.1) is 28.6 Å². The van der Waals surface area contributed by atoms with E-state index in [9.17, 15) is 19.5 Å². The number of aliphatic hydroxyl groups is 1. The summed E-state index contributed by atoms with van der Waals surface area (Å²) in [7, 11) is 0. The Labute approximate surface area is 171 Å². The molecule has 0 aromatic carbocycles. The normalized spacial score (nSPS) is 43.6. The van der Waals surface area contributed by atoms with E-state index in [0.29, 0.717) is 18.3 Å². The number of aliphatic hydroxyl groups excluding tert-OH is 1. The number of ketones is 1. The number of ether oxygens (including phenoxy) is 1. The van der Waals surface area contributed by atoms with Crippen LogP contribution in [0.15, 0.2) is 11.6 Å². The molecule has 4 aliphatic carbocycles. The molecule has 3 saturated carbocycles. The lowest BCUT2D eigenvalue weighted by atomic mass is 9.48. The van der Waals surface area contributed by atoms with E-state index in [1.807, 2.05) is 0 Å². The predicted octanol–water partition coefficient (Wildman–Crippen LogP) is 3.27. The average molecular weight is 405 g/mol. The monoisotopic (exact) mass is 404 g/mol. The molecule has 0 aromatic heterocycles. The van der Waals surface area contributed by atoms with Gasteiger partial charge in [-0.25, -0.2) is 0 Å². The van der Waals surface area contributed by atoms with Gasteiger partial charge in [-0.05, 0) is 61.7 Å². The van der Waals surface area contributed by atoms with Crippen molar-refractivity contribution in [1.29, 1.82) is 0 Å². The zero-order valence-corrected chi connectivity index (χ0v) is 17.4. The van der Waals surface area contributed by atoms with Gasteiger partial charge in [0.25, 0.3) is 0 Å². The fraction of sp³-hybridized carbons (Fsp3) is 0.783. The molecule has 6 heteroatoms. The van der Waals surface area contributed by atoms with Crippen molar-refractivity contribution in [2.24, 2.45) is 28.6 Å². The van der Waals surface area contributed by atoms with Crippen LogP contribution in [0.1, 0.15) is 71.6 Å². The number of aliphatic carboxylic acids is 1. The summed E-state index contributed by atoms with van der Waals surface area (Å²) in [5.74, 6) is -0.190. The predicted molar refractivity (Wildman–Crippen MR) is 105 cm³/mol. The first kappa shape index (κ1) is 20.6. The summed E-state index contributed by atoms with van der Waals surface area (Å²) in [6.07, 6.45) is 6.90. The van der Waals surface area contributed by atoms with E-state index < -0.39 is 18.0 Å². The number of Topliss-reactive ketones (excluding diaryl/α,β-unsaturated/α-hetero) is 1. The maximum absolute atomic E-state index is 12.6. The molecule has 4 rings (SSSR count). The summed E-state index contributed by atoms with van der Waals surface area (Å²) in [6, 6.07) is 0. The Morgan fingerprint density at radius 3 is 2.59 bits per heavy atom. The highest BCUT2D eigenvalue weighted by atomic mass is 16.5. The van der Waals surface area contributed by atoms with Crippen LogP contribution in [0.2, 0.25) is 0 Å². The van der Waals surface area contributed by atoms with Crippen molar-refractivity contribution in [3.8, 4) is 0 Å². The van der Waals surface area contributed by atoms with E-state index in [1.54, 1.807) is 0 Å². The number of allylic oxidation sites excluding steroid dienone is 1. The molecular weight excluding hydrogens is 372 g/mol. The standard InChI is InChI=1S/C23H32O6/c1-22-9-7-14(29-20(27)6-5-19(25)26)11-13(22)3-4-15-16(22)8-10-23(2)17(15)12-18(24)21(23)28/h3,14-18,24H,4-12H2,1-2H3,(H,25,26). The number of esters is 1. The van der Waals surface area contributed by atoms with Gasteiger partial charge in [0.2, 0.25) is 0 Å². The van der Waals surface area contributed by atoms with Gasteiger partial charge < -0.3 is 14.9 Å². The zero-order chi connectivity index (χ0) is 21.0. The molecule has 0 saturated heterocycles. The third-order valence-corrected chi connectivity index (χ3v) is 8.63. The quantitative estimate of drug-likeness (QED) is 0.551. The third kappa shape index (κ3) is 3.33.